The molecule has 0 radical (unpaired) electrons. The largest absolute Gasteiger partial charge is 0.313 e. The number of aromatic nitrogens is 2. The summed E-state index contributed by atoms with van der Waals surface area (Å²) in [6.45, 7) is 0. The average Bonchev–Trinajstić information content (AvgIpc) is 3.98. The summed E-state index contributed by atoms with van der Waals surface area (Å²) < 4.78 is 4.95. The average molecular weight is 803 g/mol. The van der Waals surface area contributed by atoms with E-state index in [1.165, 1.54) is 99.4 Å². The molecule has 2 heterocycles. The number of benzene rings is 9. The molecular weight excluding hydrogens is 761 g/mol. The Morgan fingerprint density at radius 3 is 1.48 bits per heavy atom. The Hall–Kier alpha value is -7.94. The van der Waals surface area contributed by atoms with Crippen molar-refractivity contribution >= 4 is 54.9 Å². The van der Waals surface area contributed by atoms with Gasteiger partial charge in [-0.25, -0.2) is 0 Å². The van der Waals surface area contributed by atoms with Gasteiger partial charge in [-0.1, -0.05) is 182 Å². The highest BCUT2D eigenvalue weighted by atomic mass is 15.0. The second kappa shape index (κ2) is 14.1. The van der Waals surface area contributed by atoms with Crippen molar-refractivity contribution in [3.63, 3.8) is 0 Å². The van der Waals surface area contributed by atoms with Gasteiger partial charge >= 0.3 is 0 Å². The Labute approximate surface area is 367 Å². The van der Waals surface area contributed by atoms with Gasteiger partial charge in [0.15, 0.2) is 0 Å². The van der Waals surface area contributed by atoms with E-state index >= 15 is 0 Å². The van der Waals surface area contributed by atoms with Gasteiger partial charge in [-0.3, -0.25) is 0 Å². The first-order valence-corrected chi connectivity index (χ1v) is 22.1. The van der Waals surface area contributed by atoms with Crippen molar-refractivity contribution in [3.05, 3.63) is 259 Å². The summed E-state index contributed by atoms with van der Waals surface area (Å²) in [4.78, 5) is 0. The molecule has 0 saturated carbocycles. The number of allylic oxidation sites excluding steroid dienone is 4. The number of hydrogen-bond acceptors (Lipinski definition) is 0. The molecule has 0 fully saturated rings. The minimum Gasteiger partial charge on any atom is -0.313 e. The van der Waals surface area contributed by atoms with Crippen LogP contribution in [0.5, 0.6) is 0 Å². The summed E-state index contributed by atoms with van der Waals surface area (Å²) in [6, 6.07) is 83.0. The van der Waals surface area contributed by atoms with Crippen molar-refractivity contribution in [2.75, 3.05) is 0 Å². The van der Waals surface area contributed by atoms with Gasteiger partial charge in [-0.2, -0.15) is 0 Å². The Kier molecular flexibility index (Phi) is 7.98. The summed E-state index contributed by atoms with van der Waals surface area (Å²) in [5.41, 5.74) is 18.8. The molecule has 1 unspecified atom stereocenters. The van der Waals surface area contributed by atoms with Crippen LogP contribution in [0.15, 0.2) is 237 Å². The van der Waals surface area contributed by atoms with Crippen molar-refractivity contribution in [2.45, 2.75) is 11.8 Å². The molecule has 13 rings (SSSR count). The first kappa shape index (κ1) is 35.8. The molecule has 2 nitrogen and oxygen atoms in total. The molecule has 1 atom stereocenters. The van der Waals surface area contributed by atoms with Gasteiger partial charge in [0, 0.05) is 38.8 Å². The van der Waals surface area contributed by atoms with Crippen LogP contribution < -0.4 is 0 Å². The molecule has 63 heavy (non-hydrogen) atoms. The normalized spacial score (nSPS) is 15.4. The lowest BCUT2D eigenvalue weighted by Crippen LogP contribution is -2.35. The predicted molar refractivity (Wildman–Crippen MR) is 264 cm³/mol. The lowest BCUT2D eigenvalue weighted by Gasteiger charge is -2.40. The molecule has 0 amide bonds. The lowest BCUT2D eigenvalue weighted by atomic mass is 9.63. The highest BCUT2D eigenvalue weighted by molar-refractivity contribution is 6.13. The van der Waals surface area contributed by atoms with Crippen molar-refractivity contribution in [1.29, 1.82) is 0 Å². The smallest absolute Gasteiger partial charge is 0.0541 e. The van der Waals surface area contributed by atoms with Crippen molar-refractivity contribution in [2.24, 2.45) is 5.92 Å². The van der Waals surface area contributed by atoms with E-state index < -0.39 is 0 Å². The molecule has 2 aliphatic carbocycles. The van der Waals surface area contributed by atoms with Gasteiger partial charge in [0.05, 0.1) is 27.5 Å². The van der Waals surface area contributed by atoms with Gasteiger partial charge in [-0.05, 0) is 111 Å². The van der Waals surface area contributed by atoms with Crippen molar-refractivity contribution in [1.82, 2.24) is 9.13 Å². The third kappa shape index (κ3) is 5.31. The van der Waals surface area contributed by atoms with E-state index in [1.807, 2.05) is 0 Å². The Morgan fingerprint density at radius 2 is 0.841 bits per heavy atom. The molecule has 2 aromatic heterocycles. The molecular formula is C61H42N2. The molecule has 9 aromatic carbocycles. The summed E-state index contributed by atoms with van der Waals surface area (Å²) in [5.74, 6) is 0.214. The van der Waals surface area contributed by atoms with Crippen LogP contribution in [0.4, 0.5) is 0 Å². The van der Waals surface area contributed by atoms with Crippen LogP contribution in [0, 0.1) is 5.92 Å². The molecule has 2 aliphatic rings. The molecule has 0 bridgehead atoms. The highest BCUT2D eigenvalue weighted by Crippen LogP contribution is 2.60. The third-order valence-electron chi connectivity index (χ3n) is 14.1. The SMILES string of the molecule is C1=C2c3ccccc3C(c3ccccc3)(c3ccccc3)C2CC(n2c3ccccc3c3cc(-c4ccc5c(c4)c4ccccc4n5-c4ccc(-c5ccccc5)cc4)ccc32)=C1. The van der Waals surface area contributed by atoms with Crippen molar-refractivity contribution in [3.8, 4) is 27.9 Å². The molecule has 296 valence electrons. The minimum atomic E-state index is -0.330. The first-order chi connectivity index (χ1) is 31.3. The van der Waals surface area contributed by atoms with E-state index in [0.717, 1.165) is 12.1 Å². The van der Waals surface area contributed by atoms with E-state index in [0.29, 0.717) is 0 Å². The molecule has 0 saturated heterocycles. The fourth-order valence-electron chi connectivity index (χ4n) is 11.4. The summed E-state index contributed by atoms with van der Waals surface area (Å²) in [5, 5.41) is 5.05. The van der Waals surface area contributed by atoms with Gasteiger partial charge in [0.25, 0.3) is 0 Å². The number of rotatable bonds is 6. The number of nitrogens with zero attached hydrogens (tertiary/aromatic N) is 2. The summed E-state index contributed by atoms with van der Waals surface area (Å²) in [6.07, 6.45) is 5.72. The number of fused-ring (bicyclic) bond motifs is 9. The maximum absolute atomic E-state index is 2.55. The van der Waals surface area contributed by atoms with Crippen LogP contribution in [-0.2, 0) is 5.41 Å². The Morgan fingerprint density at radius 1 is 0.365 bits per heavy atom. The van der Waals surface area contributed by atoms with Crippen LogP contribution in [0.2, 0.25) is 0 Å². The number of para-hydroxylation sites is 2. The fourth-order valence-corrected chi connectivity index (χ4v) is 11.4. The van der Waals surface area contributed by atoms with Gasteiger partial charge in [0.2, 0.25) is 0 Å². The molecule has 0 aliphatic heterocycles. The Balaban J connectivity index is 0.934. The van der Waals surface area contributed by atoms with Gasteiger partial charge in [0.1, 0.15) is 0 Å². The summed E-state index contributed by atoms with van der Waals surface area (Å²) in [7, 11) is 0. The monoisotopic (exact) mass is 802 g/mol. The first-order valence-electron chi connectivity index (χ1n) is 22.1. The second-order valence-electron chi connectivity index (χ2n) is 17.2. The third-order valence-corrected chi connectivity index (χ3v) is 14.1. The van der Waals surface area contributed by atoms with E-state index in [-0.39, 0.29) is 11.3 Å². The van der Waals surface area contributed by atoms with Gasteiger partial charge < -0.3 is 9.13 Å². The topological polar surface area (TPSA) is 9.86 Å². The maximum atomic E-state index is 2.55. The Bertz CT molecular complexity index is 3580. The predicted octanol–water partition coefficient (Wildman–Crippen LogP) is 15.5. The quantitative estimate of drug-likeness (QED) is 0.158. The molecule has 0 spiro atoms. The van der Waals surface area contributed by atoms with E-state index in [2.05, 4.69) is 246 Å². The fraction of sp³-hybridized carbons (Fsp3) is 0.0492. The maximum Gasteiger partial charge on any atom is 0.0541 e. The standard InChI is InChI=1S/C61H42N2/c1-4-16-41(17-5-1)42-28-32-47(33-29-42)62-57-26-14-11-23-51(57)53-38-43(30-36-59(53)62)44-31-37-60-54(39-44)52-24-12-15-27-58(52)63(60)48-34-35-50-49-22-10-13-25-55(49)61(56(50)40-48,45-18-6-2-7-19-45)46-20-8-3-9-21-46/h1-39,56H,40H2. The van der Waals surface area contributed by atoms with E-state index in [9.17, 15) is 0 Å². The highest BCUT2D eigenvalue weighted by Gasteiger charge is 2.52. The van der Waals surface area contributed by atoms with E-state index in [4.69, 9.17) is 0 Å². The zero-order valence-corrected chi connectivity index (χ0v) is 34.7. The van der Waals surface area contributed by atoms with Crippen LogP contribution in [-0.4, -0.2) is 9.13 Å². The molecule has 0 N–H and O–H groups in total. The number of hydrogen-bond donors (Lipinski definition) is 0. The van der Waals surface area contributed by atoms with Crippen LogP contribution in [0.1, 0.15) is 28.7 Å². The van der Waals surface area contributed by atoms with Crippen LogP contribution >= 0.6 is 0 Å². The zero-order chi connectivity index (χ0) is 41.5. The molecule has 2 heteroatoms. The van der Waals surface area contributed by atoms with Crippen molar-refractivity contribution < 1.29 is 0 Å². The minimum absolute atomic E-state index is 0.214. The zero-order valence-electron chi connectivity index (χ0n) is 34.7. The lowest BCUT2D eigenvalue weighted by molar-refractivity contribution is 0.485. The molecule has 11 aromatic rings. The summed E-state index contributed by atoms with van der Waals surface area (Å²) >= 11 is 0. The van der Waals surface area contributed by atoms with Gasteiger partial charge in [-0.15, -0.1) is 0 Å². The van der Waals surface area contributed by atoms with Crippen LogP contribution in [0.3, 0.4) is 0 Å². The van der Waals surface area contributed by atoms with E-state index in [1.54, 1.807) is 0 Å². The van der Waals surface area contributed by atoms with Crippen LogP contribution in [0.25, 0.3) is 82.8 Å². The second-order valence-corrected chi connectivity index (χ2v) is 17.2.